The molecule has 1 aromatic heterocycles. The summed E-state index contributed by atoms with van der Waals surface area (Å²) in [5, 5.41) is 0.549. The first-order valence-electron chi connectivity index (χ1n) is 7.82. The molecule has 1 fully saturated rings. The standard InChI is InChI=1S/C17H20FN3OS/c18-15-4-2-1-3-13(15)12-23-14-5-9-21(10-6-14)11-16-17(22)20-8-7-19-16/h1-4,7-8,14H,5-6,9-12H2,(H,20,22). The van der Waals surface area contributed by atoms with E-state index in [1.807, 2.05) is 23.9 Å². The molecular formula is C17H20FN3OS. The van der Waals surface area contributed by atoms with Gasteiger partial charge < -0.3 is 4.98 Å². The van der Waals surface area contributed by atoms with Gasteiger partial charge in [0.25, 0.3) is 5.56 Å². The Morgan fingerprint density at radius 3 is 2.83 bits per heavy atom. The normalized spacial score (nSPS) is 16.6. The molecule has 6 heteroatoms. The molecule has 0 aliphatic carbocycles. The molecule has 2 aromatic rings. The second kappa shape index (κ2) is 7.75. The number of halogens is 1. The molecule has 1 saturated heterocycles. The van der Waals surface area contributed by atoms with Gasteiger partial charge in [-0.3, -0.25) is 14.7 Å². The molecule has 4 nitrogen and oxygen atoms in total. The molecule has 122 valence electrons. The van der Waals surface area contributed by atoms with Crippen LogP contribution in [-0.2, 0) is 12.3 Å². The van der Waals surface area contributed by atoms with Crippen molar-refractivity contribution in [3.63, 3.8) is 0 Å². The van der Waals surface area contributed by atoms with Gasteiger partial charge in [0.05, 0.1) is 0 Å². The largest absolute Gasteiger partial charge is 0.326 e. The van der Waals surface area contributed by atoms with Crippen molar-refractivity contribution in [2.24, 2.45) is 0 Å². The lowest BCUT2D eigenvalue weighted by Gasteiger charge is -2.31. The van der Waals surface area contributed by atoms with Gasteiger partial charge in [-0.15, -0.1) is 0 Å². The lowest BCUT2D eigenvalue weighted by Crippen LogP contribution is -2.36. The summed E-state index contributed by atoms with van der Waals surface area (Å²) in [4.78, 5) is 20.7. The third kappa shape index (κ3) is 4.42. The molecule has 0 radical (unpaired) electrons. The summed E-state index contributed by atoms with van der Waals surface area (Å²) in [5.41, 5.74) is 1.24. The van der Waals surface area contributed by atoms with Crippen molar-refractivity contribution in [1.29, 1.82) is 0 Å². The Morgan fingerprint density at radius 1 is 1.30 bits per heavy atom. The zero-order chi connectivity index (χ0) is 16.1. The summed E-state index contributed by atoms with van der Waals surface area (Å²) in [6, 6.07) is 6.97. The van der Waals surface area contributed by atoms with Gasteiger partial charge in [-0.1, -0.05) is 18.2 Å². The van der Waals surface area contributed by atoms with Crippen molar-refractivity contribution in [3.05, 3.63) is 64.1 Å². The second-order valence-corrected chi connectivity index (χ2v) is 7.03. The number of H-pyrrole nitrogens is 1. The third-order valence-electron chi connectivity index (χ3n) is 4.12. The summed E-state index contributed by atoms with van der Waals surface area (Å²) in [7, 11) is 0. The molecule has 0 bridgehead atoms. The highest BCUT2D eigenvalue weighted by atomic mass is 32.2. The Balaban J connectivity index is 1.46. The predicted octanol–water partition coefficient (Wildman–Crippen LogP) is 2.81. The van der Waals surface area contributed by atoms with Gasteiger partial charge >= 0.3 is 0 Å². The number of benzene rings is 1. The van der Waals surface area contributed by atoms with Crippen molar-refractivity contribution in [2.45, 2.75) is 30.4 Å². The Labute approximate surface area is 139 Å². The lowest BCUT2D eigenvalue weighted by molar-refractivity contribution is 0.221. The highest BCUT2D eigenvalue weighted by Crippen LogP contribution is 2.27. The van der Waals surface area contributed by atoms with Gasteiger partial charge in [-0.25, -0.2) is 4.39 Å². The zero-order valence-corrected chi connectivity index (χ0v) is 13.7. The minimum absolute atomic E-state index is 0.108. The van der Waals surface area contributed by atoms with Gasteiger partial charge in [-0.05, 0) is 37.6 Å². The number of hydrogen-bond acceptors (Lipinski definition) is 4. The summed E-state index contributed by atoms with van der Waals surface area (Å²) < 4.78 is 13.6. The first-order valence-corrected chi connectivity index (χ1v) is 8.87. The van der Waals surface area contributed by atoms with E-state index in [4.69, 9.17) is 0 Å². The molecule has 2 heterocycles. The zero-order valence-electron chi connectivity index (χ0n) is 12.9. The number of aromatic nitrogens is 2. The van der Waals surface area contributed by atoms with E-state index in [1.165, 1.54) is 6.07 Å². The topological polar surface area (TPSA) is 49.0 Å². The SMILES string of the molecule is O=c1[nH]ccnc1CN1CCC(SCc2ccccc2F)CC1. The van der Waals surface area contributed by atoms with Gasteiger partial charge in [0.15, 0.2) is 0 Å². The maximum absolute atomic E-state index is 13.6. The predicted molar refractivity (Wildman–Crippen MR) is 90.9 cm³/mol. The van der Waals surface area contributed by atoms with Crippen molar-refractivity contribution >= 4 is 11.8 Å². The molecule has 0 spiro atoms. The van der Waals surface area contributed by atoms with Gasteiger partial charge in [0, 0.05) is 29.9 Å². The quantitative estimate of drug-likeness (QED) is 0.914. The van der Waals surface area contributed by atoms with Crippen LogP contribution < -0.4 is 5.56 Å². The number of aromatic amines is 1. The maximum Gasteiger partial charge on any atom is 0.270 e. The third-order valence-corrected chi connectivity index (χ3v) is 5.54. The van der Waals surface area contributed by atoms with Gasteiger partial charge in [0.1, 0.15) is 11.5 Å². The number of rotatable bonds is 5. The maximum atomic E-state index is 13.6. The van der Waals surface area contributed by atoms with Crippen LogP contribution in [0.1, 0.15) is 24.1 Å². The van der Waals surface area contributed by atoms with Crippen molar-refractivity contribution in [2.75, 3.05) is 13.1 Å². The van der Waals surface area contributed by atoms with E-state index in [1.54, 1.807) is 18.5 Å². The van der Waals surface area contributed by atoms with E-state index in [-0.39, 0.29) is 11.4 Å². The van der Waals surface area contributed by atoms with Crippen LogP contribution in [0, 0.1) is 5.82 Å². The molecule has 1 N–H and O–H groups in total. The number of nitrogens with one attached hydrogen (secondary N) is 1. The fraction of sp³-hybridized carbons (Fsp3) is 0.412. The van der Waals surface area contributed by atoms with Gasteiger partial charge in [-0.2, -0.15) is 11.8 Å². The lowest BCUT2D eigenvalue weighted by atomic mass is 10.1. The van der Waals surface area contributed by atoms with E-state index >= 15 is 0 Å². The number of nitrogens with zero attached hydrogens (tertiary/aromatic N) is 2. The average Bonchev–Trinajstić information content (AvgIpc) is 2.57. The van der Waals surface area contributed by atoms with E-state index < -0.39 is 0 Å². The molecule has 1 aliphatic rings. The Bertz CT molecular complexity index is 698. The van der Waals surface area contributed by atoms with E-state index in [0.717, 1.165) is 37.2 Å². The highest BCUT2D eigenvalue weighted by Gasteiger charge is 2.20. The van der Waals surface area contributed by atoms with Crippen LogP contribution in [0.2, 0.25) is 0 Å². The van der Waals surface area contributed by atoms with E-state index in [0.29, 0.717) is 17.5 Å². The van der Waals surface area contributed by atoms with Gasteiger partial charge in [0.2, 0.25) is 0 Å². The van der Waals surface area contributed by atoms with Crippen LogP contribution in [0.5, 0.6) is 0 Å². The van der Waals surface area contributed by atoms with Crippen LogP contribution in [0.25, 0.3) is 0 Å². The van der Waals surface area contributed by atoms with E-state index in [2.05, 4.69) is 14.9 Å². The van der Waals surface area contributed by atoms with Crippen molar-refractivity contribution in [3.8, 4) is 0 Å². The van der Waals surface area contributed by atoms with Crippen LogP contribution in [0.4, 0.5) is 4.39 Å². The summed E-state index contributed by atoms with van der Waals surface area (Å²) >= 11 is 1.83. The number of likely N-dealkylation sites (tertiary alicyclic amines) is 1. The van der Waals surface area contributed by atoms with Crippen LogP contribution in [0.3, 0.4) is 0 Å². The smallest absolute Gasteiger partial charge is 0.270 e. The molecule has 0 unspecified atom stereocenters. The first-order chi connectivity index (χ1) is 11.2. The molecule has 0 saturated carbocycles. The molecule has 1 aliphatic heterocycles. The molecule has 1 aromatic carbocycles. The first kappa shape index (κ1) is 16.2. The minimum atomic E-state index is -0.119. The number of hydrogen-bond donors (Lipinski definition) is 1. The fourth-order valence-electron chi connectivity index (χ4n) is 2.76. The second-order valence-electron chi connectivity index (χ2n) is 5.74. The Kier molecular flexibility index (Phi) is 5.46. The fourth-order valence-corrected chi connectivity index (χ4v) is 3.96. The molecule has 0 amide bonds. The molecule has 23 heavy (non-hydrogen) atoms. The highest BCUT2D eigenvalue weighted by molar-refractivity contribution is 7.99. The summed E-state index contributed by atoms with van der Waals surface area (Å²) in [5.74, 6) is 0.601. The number of piperidine rings is 1. The molecular weight excluding hydrogens is 313 g/mol. The molecule has 3 rings (SSSR count). The van der Waals surface area contributed by atoms with E-state index in [9.17, 15) is 9.18 Å². The van der Waals surface area contributed by atoms with Crippen molar-refractivity contribution < 1.29 is 4.39 Å². The monoisotopic (exact) mass is 333 g/mol. The molecule has 0 atom stereocenters. The van der Waals surface area contributed by atoms with Crippen molar-refractivity contribution in [1.82, 2.24) is 14.9 Å². The summed E-state index contributed by atoms with van der Waals surface area (Å²) in [6.07, 6.45) is 5.29. The van der Waals surface area contributed by atoms with Crippen LogP contribution in [0.15, 0.2) is 41.5 Å². The summed E-state index contributed by atoms with van der Waals surface area (Å²) in [6.45, 7) is 2.50. The Hall–Kier alpha value is -1.66. The van der Waals surface area contributed by atoms with Crippen LogP contribution in [-0.4, -0.2) is 33.2 Å². The Morgan fingerprint density at radius 2 is 2.09 bits per heavy atom. The van der Waals surface area contributed by atoms with Crippen LogP contribution >= 0.6 is 11.8 Å². The minimum Gasteiger partial charge on any atom is -0.326 e. The number of thioether (sulfide) groups is 1. The average molecular weight is 333 g/mol.